The summed E-state index contributed by atoms with van der Waals surface area (Å²) in [6, 6.07) is 3.60. The molecule has 37 heavy (non-hydrogen) atoms. The molecule has 9 heteroatoms. The minimum absolute atomic E-state index is 0.0562. The molecule has 1 aliphatic heterocycles. The minimum atomic E-state index is -1.48. The summed E-state index contributed by atoms with van der Waals surface area (Å²) in [4.78, 5) is 13.0. The number of benzene rings is 2. The summed E-state index contributed by atoms with van der Waals surface area (Å²) < 4.78 is 40.6. The molecule has 3 atom stereocenters. The van der Waals surface area contributed by atoms with Crippen molar-refractivity contribution in [2.45, 2.75) is 45.8 Å². The number of fused-ring (bicyclic) bond motifs is 4. The zero-order valence-corrected chi connectivity index (χ0v) is 22.5. The van der Waals surface area contributed by atoms with E-state index in [9.17, 15) is 9.90 Å². The van der Waals surface area contributed by atoms with Crippen LogP contribution in [0.15, 0.2) is 23.8 Å². The second kappa shape index (κ2) is 10.0. The molecule has 0 aromatic heterocycles. The van der Waals surface area contributed by atoms with Gasteiger partial charge in [-0.15, -0.1) is 0 Å². The Morgan fingerprint density at radius 1 is 1.03 bits per heavy atom. The van der Waals surface area contributed by atoms with Crippen molar-refractivity contribution < 1.29 is 43.1 Å². The van der Waals surface area contributed by atoms with Gasteiger partial charge in [-0.1, -0.05) is 13.0 Å². The van der Waals surface area contributed by atoms with Crippen molar-refractivity contribution in [2.24, 2.45) is 5.92 Å². The molecule has 0 saturated carbocycles. The number of methoxy groups -OCH3 is 4. The third-order valence-electron chi connectivity index (χ3n) is 7.33. The van der Waals surface area contributed by atoms with Gasteiger partial charge in [-0.05, 0) is 50.8 Å². The molecule has 0 spiro atoms. The number of hydrogen-bond acceptors (Lipinski definition) is 9. The summed E-state index contributed by atoms with van der Waals surface area (Å²) in [5.74, 6) is 1.60. The van der Waals surface area contributed by atoms with Crippen molar-refractivity contribution in [3.8, 4) is 45.6 Å². The Morgan fingerprint density at radius 3 is 2.30 bits per heavy atom. The van der Waals surface area contributed by atoms with Crippen LogP contribution in [0.5, 0.6) is 34.5 Å². The largest absolute Gasteiger partial charge is 0.493 e. The number of carbonyl (C=O) groups excluding carboxylic acids is 1. The first-order chi connectivity index (χ1) is 17.6. The van der Waals surface area contributed by atoms with E-state index in [-0.39, 0.29) is 12.7 Å². The zero-order valence-electron chi connectivity index (χ0n) is 22.5. The van der Waals surface area contributed by atoms with E-state index in [1.54, 1.807) is 40.0 Å². The van der Waals surface area contributed by atoms with Gasteiger partial charge in [0, 0.05) is 22.3 Å². The smallest absolute Gasteiger partial charge is 0.334 e. The molecule has 1 heterocycles. The number of aliphatic hydroxyl groups is 1. The van der Waals surface area contributed by atoms with Crippen LogP contribution in [-0.4, -0.2) is 51.9 Å². The summed E-state index contributed by atoms with van der Waals surface area (Å²) in [7, 11) is 6.08. The fourth-order valence-corrected chi connectivity index (χ4v) is 4.94. The van der Waals surface area contributed by atoms with Crippen molar-refractivity contribution in [1.29, 1.82) is 0 Å². The Labute approximate surface area is 216 Å². The van der Waals surface area contributed by atoms with E-state index in [1.165, 1.54) is 21.3 Å². The molecule has 9 nitrogen and oxygen atoms in total. The summed E-state index contributed by atoms with van der Waals surface area (Å²) in [5.41, 5.74) is 1.46. The van der Waals surface area contributed by atoms with Crippen LogP contribution in [0.2, 0.25) is 0 Å². The maximum atomic E-state index is 13.0. The predicted octanol–water partition coefficient (Wildman–Crippen LogP) is 4.61. The SMILES string of the molecule is CC=C(C)C(=O)O[C@H]1c2cc(OC)c(OC)c(OC)c2-c2c(cc3c(c2OC)OCO3)C[C@@H](C)[C@@]1(C)O. The van der Waals surface area contributed by atoms with E-state index in [4.69, 9.17) is 33.2 Å². The average Bonchev–Trinajstić information content (AvgIpc) is 3.36. The highest BCUT2D eigenvalue weighted by Gasteiger charge is 2.47. The molecule has 0 amide bonds. The molecular weight excluding hydrogens is 480 g/mol. The maximum Gasteiger partial charge on any atom is 0.334 e. The predicted molar refractivity (Wildman–Crippen MR) is 136 cm³/mol. The Kier molecular flexibility index (Phi) is 7.19. The molecule has 1 aliphatic carbocycles. The lowest BCUT2D eigenvalue weighted by Crippen LogP contribution is -2.44. The molecule has 1 N–H and O–H groups in total. The van der Waals surface area contributed by atoms with Crippen LogP contribution < -0.4 is 28.4 Å². The highest BCUT2D eigenvalue weighted by Crippen LogP contribution is 2.59. The van der Waals surface area contributed by atoms with E-state index in [0.717, 1.165) is 5.56 Å². The van der Waals surface area contributed by atoms with Crippen molar-refractivity contribution in [1.82, 2.24) is 0 Å². The third kappa shape index (κ3) is 4.21. The number of hydrogen-bond donors (Lipinski definition) is 1. The van der Waals surface area contributed by atoms with E-state index in [1.807, 2.05) is 13.0 Å². The van der Waals surface area contributed by atoms with Crippen LogP contribution in [0.1, 0.15) is 44.9 Å². The third-order valence-corrected chi connectivity index (χ3v) is 7.33. The highest BCUT2D eigenvalue weighted by molar-refractivity contribution is 5.90. The molecular formula is C28H34O9. The zero-order chi connectivity index (χ0) is 27.1. The summed E-state index contributed by atoms with van der Waals surface area (Å²) in [5, 5.41) is 12.0. The van der Waals surface area contributed by atoms with Crippen molar-refractivity contribution in [2.75, 3.05) is 35.2 Å². The molecule has 200 valence electrons. The van der Waals surface area contributed by atoms with E-state index >= 15 is 0 Å². The lowest BCUT2D eigenvalue weighted by Gasteiger charge is -2.41. The second-order valence-corrected chi connectivity index (χ2v) is 9.38. The quantitative estimate of drug-likeness (QED) is 0.437. The van der Waals surface area contributed by atoms with Crippen LogP contribution in [0, 0.1) is 5.92 Å². The molecule has 0 radical (unpaired) electrons. The van der Waals surface area contributed by atoms with E-state index in [0.29, 0.717) is 63.2 Å². The Bertz CT molecular complexity index is 1250. The van der Waals surface area contributed by atoms with Crippen LogP contribution in [0.4, 0.5) is 0 Å². The second-order valence-electron chi connectivity index (χ2n) is 9.38. The topological polar surface area (TPSA) is 102 Å². The van der Waals surface area contributed by atoms with Gasteiger partial charge in [0.25, 0.3) is 0 Å². The number of ether oxygens (including phenoxy) is 7. The first kappa shape index (κ1) is 26.5. The number of esters is 1. The van der Waals surface area contributed by atoms with Gasteiger partial charge >= 0.3 is 5.97 Å². The Morgan fingerprint density at radius 2 is 1.70 bits per heavy atom. The van der Waals surface area contributed by atoms with Gasteiger partial charge in [-0.3, -0.25) is 0 Å². The van der Waals surface area contributed by atoms with Crippen LogP contribution >= 0.6 is 0 Å². The standard InChI is InChI=1S/C28H34O9/c1-9-14(2)27(29)37-26-17-12-18(31-5)22(32-6)25(34-8)21(17)20-16(10-15(3)28(26,4)30)11-19-23(24(20)33-7)36-13-35-19/h9,11-12,15,26,30H,10,13H2,1-8H3/t15-,26+,28-/m1/s1. The molecule has 2 aliphatic rings. The van der Waals surface area contributed by atoms with Gasteiger partial charge in [0.1, 0.15) is 5.60 Å². The summed E-state index contributed by atoms with van der Waals surface area (Å²) >= 11 is 0. The van der Waals surface area contributed by atoms with Crippen LogP contribution in [0.3, 0.4) is 0 Å². The summed E-state index contributed by atoms with van der Waals surface area (Å²) in [6.45, 7) is 7.05. The minimum Gasteiger partial charge on any atom is -0.493 e. The van der Waals surface area contributed by atoms with E-state index in [2.05, 4.69) is 0 Å². The molecule has 2 aromatic rings. The number of carbonyl (C=O) groups is 1. The number of rotatable bonds is 6. The van der Waals surface area contributed by atoms with Gasteiger partial charge in [-0.2, -0.15) is 0 Å². The summed E-state index contributed by atoms with van der Waals surface area (Å²) in [6.07, 6.45) is 0.998. The van der Waals surface area contributed by atoms with E-state index < -0.39 is 17.7 Å². The van der Waals surface area contributed by atoms with Crippen molar-refractivity contribution >= 4 is 5.97 Å². The molecule has 0 fully saturated rings. The van der Waals surface area contributed by atoms with Gasteiger partial charge in [-0.25, -0.2) is 4.79 Å². The number of allylic oxidation sites excluding steroid dienone is 1. The average molecular weight is 515 g/mol. The lowest BCUT2D eigenvalue weighted by atomic mass is 9.73. The fraction of sp³-hybridized carbons (Fsp3) is 0.464. The normalized spacial score (nSPS) is 22.2. The van der Waals surface area contributed by atoms with Gasteiger partial charge < -0.3 is 38.3 Å². The lowest BCUT2D eigenvalue weighted by molar-refractivity contribution is -0.166. The fourth-order valence-electron chi connectivity index (χ4n) is 4.94. The van der Waals surface area contributed by atoms with Gasteiger partial charge in [0.05, 0.1) is 28.4 Å². The highest BCUT2D eigenvalue weighted by atomic mass is 16.7. The maximum absolute atomic E-state index is 13.0. The van der Waals surface area contributed by atoms with Gasteiger partial charge in [0.15, 0.2) is 29.1 Å². The first-order valence-electron chi connectivity index (χ1n) is 12.0. The van der Waals surface area contributed by atoms with Crippen molar-refractivity contribution in [3.05, 3.63) is 34.9 Å². The van der Waals surface area contributed by atoms with Crippen LogP contribution in [0.25, 0.3) is 11.1 Å². The molecule has 2 aromatic carbocycles. The van der Waals surface area contributed by atoms with Crippen molar-refractivity contribution in [3.63, 3.8) is 0 Å². The monoisotopic (exact) mass is 514 g/mol. The Balaban J connectivity index is 2.17. The molecule has 0 saturated heterocycles. The Hall–Kier alpha value is -3.59. The molecule has 4 rings (SSSR count). The first-order valence-corrected chi connectivity index (χ1v) is 12.0. The van der Waals surface area contributed by atoms with Gasteiger partial charge in [0.2, 0.25) is 18.3 Å². The molecule has 0 unspecified atom stereocenters. The van der Waals surface area contributed by atoms with Crippen LogP contribution in [-0.2, 0) is 16.0 Å². The molecule has 0 bridgehead atoms.